The first-order valence-corrected chi connectivity index (χ1v) is 9.42. The van der Waals surface area contributed by atoms with E-state index in [1.807, 2.05) is 26.0 Å². The van der Waals surface area contributed by atoms with E-state index in [4.69, 9.17) is 20.8 Å². The van der Waals surface area contributed by atoms with Gasteiger partial charge >= 0.3 is 11.6 Å². The van der Waals surface area contributed by atoms with Gasteiger partial charge in [0, 0.05) is 10.4 Å². The van der Waals surface area contributed by atoms with Crippen molar-refractivity contribution in [3.8, 4) is 16.9 Å². The summed E-state index contributed by atoms with van der Waals surface area (Å²) in [6.07, 6.45) is 0. The molecule has 0 fully saturated rings. The van der Waals surface area contributed by atoms with Gasteiger partial charge in [0.1, 0.15) is 11.3 Å². The molecule has 0 aliphatic heterocycles. The number of benzene rings is 3. The van der Waals surface area contributed by atoms with E-state index in [0.717, 1.165) is 11.1 Å². The zero-order valence-electron chi connectivity index (χ0n) is 15.9. The van der Waals surface area contributed by atoms with E-state index in [1.54, 1.807) is 54.6 Å². The van der Waals surface area contributed by atoms with Crippen LogP contribution in [0.25, 0.3) is 22.1 Å². The highest BCUT2D eigenvalue weighted by Crippen LogP contribution is 2.30. The minimum Gasteiger partial charge on any atom is -0.423 e. The highest BCUT2D eigenvalue weighted by atomic mass is 35.5. The van der Waals surface area contributed by atoms with Gasteiger partial charge in [0.15, 0.2) is 0 Å². The maximum Gasteiger partial charge on any atom is 0.344 e. The number of rotatable bonds is 3. The summed E-state index contributed by atoms with van der Waals surface area (Å²) in [7, 11) is 0. The molecule has 4 nitrogen and oxygen atoms in total. The van der Waals surface area contributed by atoms with Crippen molar-refractivity contribution in [1.29, 1.82) is 0 Å². The highest BCUT2D eigenvalue weighted by Gasteiger charge is 2.15. The summed E-state index contributed by atoms with van der Waals surface area (Å²) in [4.78, 5) is 24.9. The van der Waals surface area contributed by atoms with Crippen LogP contribution in [0, 0.1) is 13.8 Å². The van der Waals surface area contributed by atoms with Crippen molar-refractivity contribution in [3.63, 3.8) is 0 Å². The molecule has 4 rings (SSSR count). The van der Waals surface area contributed by atoms with E-state index in [1.165, 1.54) is 0 Å². The first kappa shape index (κ1) is 19.0. The molecule has 0 radical (unpaired) electrons. The molecule has 0 N–H and O–H groups in total. The molecule has 0 saturated carbocycles. The van der Waals surface area contributed by atoms with Crippen LogP contribution in [0.5, 0.6) is 5.75 Å². The van der Waals surface area contributed by atoms with Gasteiger partial charge < -0.3 is 9.15 Å². The Labute approximate surface area is 172 Å². The van der Waals surface area contributed by atoms with Gasteiger partial charge in [-0.1, -0.05) is 41.4 Å². The average Bonchev–Trinajstić information content (AvgIpc) is 2.70. The fourth-order valence-electron chi connectivity index (χ4n) is 3.20. The normalized spacial score (nSPS) is 10.9. The summed E-state index contributed by atoms with van der Waals surface area (Å²) in [5.41, 5.74) is 3.44. The quantitative estimate of drug-likeness (QED) is 0.240. The Bertz CT molecular complexity index is 1270. The Kier molecular flexibility index (Phi) is 4.95. The van der Waals surface area contributed by atoms with E-state index >= 15 is 0 Å². The standard InChI is InChI=1S/C24H17ClO4/c1-14-3-5-17(6-4-14)23(26)28-19-11-12-21-20(13-19)15(2)22(24(27)29-21)16-7-9-18(25)10-8-16/h3-13H,1-2H3. The largest absolute Gasteiger partial charge is 0.423 e. The predicted molar refractivity (Wildman–Crippen MR) is 114 cm³/mol. The van der Waals surface area contributed by atoms with Crippen LogP contribution in [0.15, 0.2) is 75.9 Å². The molecule has 0 atom stereocenters. The molecule has 3 aromatic carbocycles. The molecule has 0 aliphatic rings. The third-order valence-electron chi connectivity index (χ3n) is 4.77. The number of aryl methyl sites for hydroxylation is 2. The molecule has 0 spiro atoms. The molecular weight excluding hydrogens is 388 g/mol. The molecule has 29 heavy (non-hydrogen) atoms. The fraction of sp³-hybridized carbons (Fsp3) is 0.0833. The van der Waals surface area contributed by atoms with Crippen molar-refractivity contribution in [2.45, 2.75) is 13.8 Å². The second kappa shape index (κ2) is 7.57. The first-order valence-electron chi connectivity index (χ1n) is 9.04. The third kappa shape index (κ3) is 3.80. The Morgan fingerprint density at radius 1 is 0.931 bits per heavy atom. The van der Waals surface area contributed by atoms with Crippen LogP contribution in [-0.4, -0.2) is 5.97 Å². The molecule has 1 heterocycles. The van der Waals surface area contributed by atoms with Gasteiger partial charge in [-0.25, -0.2) is 9.59 Å². The van der Waals surface area contributed by atoms with E-state index in [0.29, 0.717) is 38.4 Å². The Morgan fingerprint density at radius 2 is 1.62 bits per heavy atom. The summed E-state index contributed by atoms with van der Waals surface area (Å²) in [5, 5.41) is 1.28. The van der Waals surface area contributed by atoms with Crippen LogP contribution in [0.2, 0.25) is 5.02 Å². The molecule has 1 aromatic heterocycles. The summed E-state index contributed by atoms with van der Waals surface area (Å²) < 4.78 is 11.0. The van der Waals surface area contributed by atoms with Gasteiger partial charge in [-0.3, -0.25) is 0 Å². The number of hydrogen-bond donors (Lipinski definition) is 0. The van der Waals surface area contributed by atoms with E-state index in [9.17, 15) is 9.59 Å². The summed E-state index contributed by atoms with van der Waals surface area (Å²) in [5.74, 6) is -0.0700. The summed E-state index contributed by atoms with van der Waals surface area (Å²) in [6, 6.07) is 19.1. The monoisotopic (exact) mass is 404 g/mol. The maximum atomic E-state index is 12.5. The highest BCUT2D eigenvalue weighted by molar-refractivity contribution is 6.30. The van der Waals surface area contributed by atoms with Crippen molar-refractivity contribution >= 4 is 28.5 Å². The lowest BCUT2D eigenvalue weighted by molar-refractivity contribution is 0.0735. The minimum atomic E-state index is -0.447. The minimum absolute atomic E-state index is 0.377. The van der Waals surface area contributed by atoms with Crippen molar-refractivity contribution in [3.05, 3.63) is 98.9 Å². The molecule has 144 valence electrons. The molecule has 0 saturated heterocycles. The molecule has 5 heteroatoms. The van der Waals surface area contributed by atoms with Gasteiger partial charge in [0.05, 0.1) is 11.1 Å². The molecule has 4 aromatic rings. The lowest BCUT2D eigenvalue weighted by Gasteiger charge is -2.10. The van der Waals surface area contributed by atoms with Gasteiger partial charge in [-0.15, -0.1) is 0 Å². The Morgan fingerprint density at radius 3 is 2.31 bits per heavy atom. The molecule has 0 unspecified atom stereocenters. The van der Waals surface area contributed by atoms with Crippen LogP contribution in [0.3, 0.4) is 0 Å². The van der Waals surface area contributed by atoms with E-state index in [-0.39, 0.29) is 0 Å². The average molecular weight is 405 g/mol. The molecule has 0 amide bonds. The van der Waals surface area contributed by atoms with Crippen molar-refractivity contribution < 1.29 is 13.9 Å². The fourth-order valence-corrected chi connectivity index (χ4v) is 3.33. The second-order valence-corrected chi connectivity index (χ2v) is 7.25. The molecular formula is C24H17ClO4. The van der Waals surface area contributed by atoms with Crippen LogP contribution in [-0.2, 0) is 0 Å². The molecule has 0 bridgehead atoms. The lowest BCUT2D eigenvalue weighted by Crippen LogP contribution is -2.09. The van der Waals surface area contributed by atoms with Gasteiger partial charge in [-0.2, -0.15) is 0 Å². The number of esters is 1. The van der Waals surface area contributed by atoms with Crippen LogP contribution in [0.4, 0.5) is 0 Å². The van der Waals surface area contributed by atoms with Gasteiger partial charge in [0.2, 0.25) is 0 Å². The van der Waals surface area contributed by atoms with Gasteiger partial charge in [0.25, 0.3) is 0 Å². The van der Waals surface area contributed by atoms with E-state index in [2.05, 4.69) is 0 Å². The van der Waals surface area contributed by atoms with Crippen LogP contribution < -0.4 is 10.4 Å². The summed E-state index contributed by atoms with van der Waals surface area (Å²) in [6.45, 7) is 3.79. The van der Waals surface area contributed by atoms with Crippen molar-refractivity contribution in [1.82, 2.24) is 0 Å². The number of ether oxygens (including phenoxy) is 1. The number of fused-ring (bicyclic) bond motifs is 1. The second-order valence-electron chi connectivity index (χ2n) is 6.81. The zero-order chi connectivity index (χ0) is 20.5. The SMILES string of the molecule is Cc1ccc(C(=O)Oc2ccc3oc(=O)c(-c4ccc(Cl)cc4)c(C)c3c2)cc1. The molecule has 0 aliphatic carbocycles. The predicted octanol–water partition coefficient (Wildman–Crippen LogP) is 5.95. The smallest absolute Gasteiger partial charge is 0.344 e. The first-order chi connectivity index (χ1) is 13.9. The number of hydrogen-bond acceptors (Lipinski definition) is 4. The third-order valence-corrected chi connectivity index (χ3v) is 5.02. The summed E-state index contributed by atoms with van der Waals surface area (Å²) >= 11 is 5.95. The van der Waals surface area contributed by atoms with Gasteiger partial charge in [-0.05, 0) is 67.4 Å². The number of carbonyl (C=O) groups excluding carboxylic acids is 1. The maximum absolute atomic E-state index is 12.5. The van der Waals surface area contributed by atoms with Crippen molar-refractivity contribution in [2.75, 3.05) is 0 Å². The zero-order valence-corrected chi connectivity index (χ0v) is 16.6. The lowest BCUT2D eigenvalue weighted by atomic mass is 9.99. The number of halogens is 1. The number of carbonyl (C=O) groups is 1. The Hall–Kier alpha value is -3.37. The topological polar surface area (TPSA) is 56.5 Å². The Balaban J connectivity index is 1.75. The van der Waals surface area contributed by atoms with Crippen LogP contribution >= 0.6 is 11.6 Å². The van der Waals surface area contributed by atoms with Crippen LogP contribution in [0.1, 0.15) is 21.5 Å². The van der Waals surface area contributed by atoms with Crippen molar-refractivity contribution in [2.24, 2.45) is 0 Å². The van der Waals surface area contributed by atoms with E-state index < -0.39 is 11.6 Å².